The lowest BCUT2D eigenvalue weighted by molar-refractivity contribution is -0.384. The zero-order chi connectivity index (χ0) is 17.8. The van der Waals surface area contributed by atoms with E-state index < -0.39 is 4.92 Å². The molecule has 0 bridgehead atoms. The third-order valence-corrected chi connectivity index (χ3v) is 3.49. The standard InChI is InChI=1S/C16H14N4O5/c21-15(9-25-12-4-2-11(3-5-12)20(23)24)17-8-10-1-6-13-14(7-10)19-16(22)18-13/h1-7H,8-9H2,(H,17,21)(H2,18,19,22). The summed E-state index contributed by atoms with van der Waals surface area (Å²) in [6.07, 6.45) is 0. The fraction of sp³-hybridized carbons (Fsp3) is 0.125. The molecular formula is C16H14N4O5. The van der Waals surface area contributed by atoms with Crippen molar-refractivity contribution >= 4 is 22.6 Å². The summed E-state index contributed by atoms with van der Waals surface area (Å²) in [5.41, 5.74) is 1.86. The van der Waals surface area contributed by atoms with Crippen molar-refractivity contribution in [2.24, 2.45) is 0 Å². The number of hydrogen-bond acceptors (Lipinski definition) is 5. The molecule has 3 N–H and O–H groups in total. The number of amides is 1. The van der Waals surface area contributed by atoms with Gasteiger partial charge in [-0.3, -0.25) is 14.9 Å². The zero-order valence-corrected chi connectivity index (χ0v) is 12.9. The van der Waals surface area contributed by atoms with Crippen LogP contribution in [0.25, 0.3) is 11.0 Å². The highest BCUT2D eigenvalue weighted by Gasteiger charge is 2.07. The maximum absolute atomic E-state index is 11.8. The number of benzene rings is 2. The largest absolute Gasteiger partial charge is 0.484 e. The van der Waals surface area contributed by atoms with Gasteiger partial charge in [0.1, 0.15) is 5.75 Å². The molecule has 1 heterocycles. The Hall–Kier alpha value is -3.62. The molecule has 0 spiro atoms. The van der Waals surface area contributed by atoms with Crippen LogP contribution in [0.4, 0.5) is 5.69 Å². The number of carbonyl (C=O) groups is 1. The average Bonchev–Trinajstić information content (AvgIpc) is 2.97. The number of fused-ring (bicyclic) bond motifs is 1. The van der Waals surface area contributed by atoms with Crippen LogP contribution in [0.1, 0.15) is 5.56 Å². The number of nitro groups is 1. The first-order chi connectivity index (χ1) is 12.0. The van der Waals surface area contributed by atoms with Crippen molar-refractivity contribution in [1.29, 1.82) is 0 Å². The van der Waals surface area contributed by atoms with E-state index in [1.54, 1.807) is 18.2 Å². The summed E-state index contributed by atoms with van der Waals surface area (Å²) < 4.78 is 5.28. The third kappa shape index (κ3) is 4.02. The van der Waals surface area contributed by atoms with Crippen molar-refractivity contribution in [1.82, 2.24) is 15.3 Å². The predicted octanol–water partition coefficient (Wildman–Crippen LogP) is 1.46. The molecule has 25 heavy (non-hydrogen) atoms. The van der Waals surface area contributed by atoms with Crippen molar-refractivity contribution in [3.05, 3.63) is 68.6 Å². The van der Waals surface area contributed by atoms with Gasteiger partial charge in [-0.1, -0.05) is 6.07 Å². The Kier molecular flexibility index (Phi) is 4.46. The summed E-state index contributed by atoms with van der Waals surface area (Å²) in [5, 5.41) is 13.3. The van der Waals surface area contributed by atoms with Gasteiger partial charge in [0, 0.05) is 18.7 Å². The SMILES string of the molecule is O=C(COc1ccc([N+](=O)[O-])cc1)NCc1ccc2[nH]c(=O)[nH]c2c1. The molecule has 3 aromatic rings. The molecule has 0 unspecified atom stereocenters. The number of aromatic nitrogens is 2. The molecule has 1 amide bonds. The molecule has 0 radical (unpaired) electrons. The number of nitrogens with one attached hydrogen (secondary N) is 3. The van der Waals surface area contributed by atoms with E-state index in [1.807, 2.05) is 0 Å². The lowest BCUT2D eigenvalue weighted by atomic mass is 10.2. The number of ether oxygens (including phenoxy) is 1. The summed E-state index contributed by atoms with van der Waals surface area (Å²) in [5.74, 6) is 0.0353. The van der Waals surface area contributed by atoms with Gasteiger partial charge in [0.2, 0.25) is 0 Å². The Morgan fingerprint density at radius 2 is 1.84 bits per heavy atom. The first kappa shape index (κ1) is 16.2. The van der Waals surface area contributed by atoms with Crippen LogP contribution in [0, 0.1) is 10.1 Å². The van der Waals surface area contributed by atoms with Gasteiger partial charge in [-0.25, -0.2) is 4.79 Å². The van der Waals surface area contributed by atoms with Crippen molar-refractivity contribution in [2.45, 2.75) is 6.54 Å². The van der Waals surface area contributed by atoms with Crippen LogP contribution < -0.4 is 15.7 Å². The smallest absolute Gasteiger partial charge is 0.323 e. The van der Waals surface area contributed by atoms with Gasteiger partial charge in [0.15, 0.2) is 6.61 Å². The second-order valence-corrected chi connectivity index (χ2v) is 5.28. The second-order valence-electron chi connectivity index (χ2n) is 5.28. The fourth-order valence-electron chi connectivity index (χ4n) is 2.25. The van der Waals surface area contributed by atoms with Gasteiger partial charge in [0.05, 0.1) is 16.0 Å². The number of aromatic amines is 2. The van der Waals surface area contributed by atoms with Gasteiger partial charge in [-0.15, -0.1) is 0 Å². The van der Waals surface area contributed by atoms with Gasteiger partial charge in [-0.2, -0.15) is 0 Å². The number of carbonyl (C=O) groups excluding carboxylic acids is 1. The second kappa shape index (κ2) is 6.87. The Balaban J connectivity index is 1.51. The minimum Gasteiger partial charge on any atom is -0.484 e. The first-order valence-electron chi connectivity index (χ1n) is 7.36. The van der Waals surface area contributed by atoms with Gasteiger partial charge >= 0.3 is 5.69 Å². The van der Waals surface area contributed by atoms with E-state index in [1.165, 1.54) is 24.3 Å². The monoisotopic (exact) mass is 342 g/mol. The van der Waals surface area contributed by atoms with E-state index in [0.29, 0.717) is 16.8 Å². The van der Waals surface area contributed by atoms with Gasteiger partial charge in [-0.05, 0) is 29.8 Å². The Morgan fingerprint density at radius 3 is 2.56 bits per heavy atom. The minimum absolute atomic E-state index is 0.0463. The zero-order valence-electron chi connectivity index (χ0n) is 12.9. The Labute approximate surface area is 140 Å². The van der Waals surface area contributed by atoms with Gasteiger partial charge < -0.3 is 20.0 Å². The number of nitrogens with zero attached hydrogens (tertiary/aromatic N) is 1. The Bertz CT molecular complexity index is 974. The van der Waals surface area contributed by atoms with Gasteiger partial charge in [0.25, 0.3) is 11.6 Å². The molecule has 9 heteroatoms. The third-order valence-electron chi connectivity index (χ3n) is 3.49. The minimum atomic E-state index is -0.509. The van der Waals surface area contributed by atoms with E-state index in [-0.39, 0.29) is 30.4 Å². The molecule has 0 aliphatic carbocycles. The van der Waals surface area contributed by atoms with Crippen LogP contribution in [-0.2, 0) is 11.3 Å². The van der Waals surface area contributed by atoms with E-state index in [2.05, 4.69) is 15.3 Å². The molecule has 0 saturated carbocycles. The maximum Gasteiger partial charge on any atom is 0.323 e. The topological polar surface area (TPSA) is 130 Å². The number of non-ortho nitro benzene ring substituents is 1. The van der Waals surface area contributed by atoms with E-state index in [0.717, 1.165) is 5.56 Å². The highest BCUT2D eigenvalue weighted by atomic mass is 16.6. The number of rotatable bonds is 6. The summed E-state index contributed by atoms with van der Waals surface area (Å²) in [6.45, 7) is 0.0760. The quantitative estimate of drug-likeness (QED) is 0.461. The molecule has 1 aromatic heterocycles. The van der Waals surface area contributed by atoms with E-state index in [9.17, 15) is 19.7 Å². The molecular weight excluding hydrogens is 328 g/mol. The molecule has 3 rings (SSSR count). The highest BCUT2D eigenvalue weighted by molar-refractivity contribution is 5.78. The molecule has 128 valence electrons. The molecule has 0 saturated heterocycles. The number of nitro benzene ring substituents is 1. The van der Waals surface area contributed by atoms with Crippen LogP contribution in [-0.4, -0.2) is 27.4 Å². The van der Waals surface area contributed by atoms with Crippen molar-refractivity contribution in [3.8, 4) is 5.75 Å². The number of H-pyrrole nitrogens is 2. The summed E-state index contributed by atoms with van der Waals surface area (Å²) in [7, 11) is 0. The van der Waals surface area contributed by atoms with Crippen molar-refractivity contribution in [2.75, 3.05) is 6.61 Å². The molecule has 0 aliphatic rings. The van der Waals surface area contributed by atoms with Crippen LogP contribution in [0.2, 0.25) is 0 Å². The molecule has 0 fully saturated rings. The normalized spacial score (nSPS) is 10.6. The highest BCUT2D eigenvalue weighted by Crippen LogP contribution is 2.17. The van der Waals surface area contributed by atoms with E-state index >= 15 is 0 Å². The summed E-state index contributed by atoms with van der Waals surface area (Å²) in [4.78, 5) is 38.4. The molecule has 2 aromatic carbocycles. The van der Waals surface area contributed by atoms with Crippen LogP contribution in [0.3, 0.4) is 0 Å². The fourth-order valence-corrected chi connectivity index (χ4v) is 2.25. The molecule has 0 atom stereocenters. The van der Waals surface area contributed by atoms with Crippen LogP contribution >= 0.6 is 0 Å². The van der Waals surface area contributed by atoms with Crippen LogP contribution in [0.5, 0.6) is 5.75 Å². The lowest BCUT2D eigenvalue weighted by Gasteiger charge is -2.07. The Morgan fingerprint density at radius 1 is 1.12 bits per heavy atom. The average molecular weight is 342 g/mol. The first-order valence-corrected chi connectivity index (χ1v) is 7.36. The van der Waals surface area contributed by atoms with E-state index in [4.69, 9.17) is 4.74 Å². The lowest BCUT2D eigenvalue weighted by Crippen LogP contribution is -2.28. The number of hydrogen-bond donors (Lipinski definition) is 3. The predicted molar refractivity (Wildman–Crippen MR) is 89.4 cm³/mol. The molecule has 0 aliphatic heterocycles. The van der Waals surface area contributed by atoms with Crippen LogP contribution in [0.15, 0.2) is 47.3 Å². The van der Waals surface area contributed by atoms with Crippen molar-refractivity contribution < 1.29 is 14.5 Å². The summed E-state index contributed by atoms with van der Waals surface area (Å²) >= 11 is 0. The molecule has 9 nitrogen and oxygen atoms in total. The summed E-state index contributed by atoms with van der Waals surface area (Å²) in [6, 6.07) is 10.8. The maximum atomic E-state index is 11.8. The van der Waals surface area contributed by atoms with Crippen molar-refractivity contribution in [3.63, 3.8) is 0 Å². The number of imidazole rings is 1.